The Bertz CT molecular complexity index is 916. The summed E-state index contributed by atoms with van der Waals surface area (Å²) in [6, 6.07) is 13.0. The fourth-order valence-corrected chi connectivity index (χ4v) is 3.23. The molecule has 1 fully saturated rings. The van der Waals surface area contributed by atoms with Gasteiger partial charge in [0.25, 0.3) is 5.56 Å². The van der Waals surface area contributed by atoms with E-state index in [1.807, 2.05) is 35.2 Å². The van der Waals surface area contributed by atoms with Crippen LogP contribution in [0.3, 0.4) is 0 Å². The van der Waals surface area contributed by atoms with E-state index >= 15 is 0 Å². The zero-order chi connectivity index (χ0) is 15.8. The molecule has 4 rings (SSSR count). The molecular formula is C18H19N3O3. The van der Waals surface area contributed by atoms with Crippen molar-refractivity contribution < 1.29 is 10.6 Å². The van der Waals surface area contributed by atoms with Crippen LogP contribution >= 0.6 is 0 Å². The fraction of sp³-hybridized carbons (Fsp3) is 0.222. The summed E-state index contributed by atoms with van der Waals surface area (Å²) >= 11 is 0. The van der Waals surface area contributed by atoms with Gasteiger partial charge in [-0.3, -0.25) is 9.36 Å². The lowest BCUT2D eigenvalue weighted by Gasteiger charge is -2.21. The van der Waals surface area contributed by atoms with Crippen molar-refractivity contribution >= 4 is 16.7 Å². The Balaban J connectivity index is 0.00000169. The van der Waals surface area contributed by atoms with Gasteiger partial charge >= 0.3 is 0 Å². The molecule has 0 unspecified atom stereocenters. The van der Waals surface area contributed by atoms with Gasteiger partial charge in [0, 0.05) is 19.3 Å². The van der Waals surface area contributed by atoms with E-state index in [0.717, 1.165) is 31.6 Å². The molecule has 0 saturated carbocycles. The van der Waals surface area contributed by atoms with Crippen LogP contribution in [0.2, 0.25) is 0 Å². The minimum atomic E-state index is -0.221. The zero-order valence-electron chi connectivity index (χ0n) is 13.1. The number of anilines is 1. The molecule has 24 heavy (non-hydrogen) atoms. The van der Waals surface area contributed by atoms with Gasteiger partial charge in [0.15, 0.2) is 11.4 Å². The average Bonchev–Trinajstić information content (AvgIpc) is 3.10. The highest BCUT2D eigenvalue weighted by Gasteiger charge is 2.24. The second-order valence-corrected chi connectivity index (χ2v) is 5.74. The summed E-state index contributed by atoms with van der Waals surface area (Å²) in [6.45, 7) is 1.59. The van der Waals surface area contributed by atoms with Gasteiger partial charge < -0.3 is 15.5 Å². The molecule has 1 saturated heterocycles. The molecule has 2 aromatic heterocycles. The molecule has 6 nitrogen and oxygen atoms in total. The minimum absolute atomic E-state index is 0. The molecule has 0 atom stereocenters. The normalized spacial score (nSPS) is 13.9. The lowest BCUT2D eigenvalue weighted by molar-refractivity contribution is 0.479. The van der Waals surface area contributed by atoms with Crippen LogP contribution in [0.5, 0.6) is 5.75 Å². The summed E-state index contributed by atoms with van der Waals surface area (Å²) in [6.07, 6.45) is 3.71. The molecule has 0 amide bonds. The van der Waals surface area contributed by atoms with E-state index < -0.39 is 0 Å². The van der Waals surface area contributed by atoms with Crippen molar-refractivity contribution in [3.63, 3.8) is 0 Å². The Hall–Kier alpha value is -2.86. The third-order valence-corrected chi connectivity index (χ3v) is 4.32. The molecular weight excluding hydrogens is 306 g/mol. The van der Waals surface area contributed by atoms with Crippen LogP contribution in [0, 0.1) is 0 Å². The highest BCUT2D eigenvalue weighted by molar-refractivity contribution is 5.89. The topological polar surface area (TPSA) is 89.9 Å². The smallest absolute Gasteiger partial charge is 0.284 e. The SMILES string of the molecule is O.O=c1c(N2CCCC2)c(O)c2cccnc2n1-c1ccccc1. The van der Waals surface area contributed by atoms with Gasteiger partial charge in [0.05, 0.1) is 11.1 Å². The highest BCUT2D eigenvalue weighted by Crippen LogP contribution is 2.33. The number of hydrogen-bond acceptors (Lipinski definition) is 4. The Labute approximate surface area is 138 Å². The number of hydrogen-bond donors (Lipinski definition) is 1. The molecule has 3 heterocycles. The van der Waals surface area contributed by atoms with Crippen LogP contribution in [0.4, 0.5) is 5.69 Å². The molecule has 3 aromatic rings. The van der Waals surface area contributed by atoms with E-state index in [2.05, 4.69) is 4.98 Å². The first kappa shape index (κ1) is 16.0. The van der Waals surface area contributed by atoms with E-state index in [1.165, 1.54) is 0 Å². The van der Waals surface area contributed by atoms with Gasteiger partial charge in [-0.2, -0.15) is 0 Å². The first-order valence-electron chi connectivity index (χ1n) is 7.80. The Kier molecular flexibility index (Phi) is 4.22. The van der Waals surface area contributed by atoms with E-state index in [4.69, 9.17) is 0 Å². The monoisotopic (exact) mass is 325 g/mol. The van der Waals surface area contributed by atoms with Crippen molar-refractivity contribution in [3.8, 4) is 11.4 Å². The van der Waals surface area contributed by atoms with E-state index in [0.29, 0.717) is 16.7 Å². The number of nitrogens with zero attached hydrogens (tertiary/aromatic N) is 3. The highest BCUT2D eigenvalue weighted by atomic mass is 16.3. The Morgan fingerprint density at radius 1 is 1.00 bits per heavy atom. The van der Waals surface area contributed by atoms with Crippen molar-refractivity contribution in [2.75, 3.05) is 18.0 Å². The molecule has 0 spiro atoms. The van der Waals surface area contributed by atoms with Crippen LogP contribution in [0.15, 0.2) is 53.5 Å². The third-order valence-electron chi connectivity index (χ3n) is 4.32. The molecule has 1 aromatic carbocycles. The summed E-state index contributed by atoms with van der Waals surface area (Å²) in [5.74, 6) is 0.0344. The van der Waals surface area contributed by atoms with Gasteiger partial charge in [0.2, 0.25) is 0 Å². The average molecular weight is 325 g/mol. The molecule has 0 bridgehead atoms. The van der Waals surface area contributed by atoms with Crippen LogP contribution in [-0.4, -0.2) is 33.2 Å². The van der Waals surface area contributed by atoms with E-state index in [-0.39, 0.29) is 16.8 Å². The molecule has 1 aliphatic heterocycles. The summed E-state index contributed by atoms with van der Waals surface area (Å²) in [4.78, 5) is 19.4. The van der Waals surface area contributed by atoms with Crippen LogP contribution < -0.4 is 10.5 Å². The third kappa shape index (κ3) is 2.41. The number of fused-ring (bicyclic) bond motifs is 1. The second-order valence-electron chi connectivity index (χ2n) is 5.74. The largest absolute Gasteiger partial charge is 0.505 e. The van der Waals surface area contributed by atoms with Gasteiger partial charge in [0.1, 0.15) is 5.69 Å². The van der Waals surface area contributed by atoms with E-state index in [9.17, 15) is 9.90 Å². The summed E-state index contributed by atoms with van der Waals surface area (Å²) in [7, 11) is 0. The van der Waals surface area contributed by atoms with E-state index in [1.54, 1.807) is 22.9 Å². The van der Waals surface area contributed by atoms with Crippen molar-refractivity contribution in [1.82, 2.24) is 9.55 Å². The number of aromatic hydroxyl groups is 1. The summed E-state index contributed by atoms with van der Waals surface area (Å²) in [5, 5.41) is 11.3. The van der Waals surface area contributed by atoms with Gasteiger partial charge in [-0.25, -0.2) is 4.98 Å². The Morgan fingerprint density at radius 2 is 1.71 bits per heavy atom. The fourth-order valence-electron chi connectivity index (χ4n) is 3.23. The number of para-hydroxylation sites is 1. The van der Waals surface area contributed by atoms with Crippen LogP contribution in [0.1, 0.15) is 12.8 Å². The Morgan fingerprint density at radius 3 is 2.42 bits per heavy atom. The quantitative estimate of drug-likeness (QED) is 0.779. The molecule has 0 aliphatic carbocycles. The van der Waals surface area contributed by atoms with Gasteiger partial charge in [-0.1, -0.05) is 18.2 Å². The predicted molar refractivity (Wildman–Crippen MR) is 94.1 cm³/mol. The number of aromatic nitrogens is 2. The van der Waals surface area contributed by atoms with Crippen molar-refractivity contribution in [2.24, 2.45) is 0 Å². The zero-order valence-corrected chi connectivity index (χ0v) is 13.1. The maximum absolute atomic E-state index is 13.1. The van der Waals surface area contributed by atoms with Gasteiger partial charge in [-0.15, -0.1) is 0 Å². The predicted octanol–water partition coefficient (Wildman–Crippen LogP) is 1.87. The van der Waals surface area contributed by atoms with Crippen molar-refractivity contribution in [1.29, 1.82) is 0 Å². The summed E-state index contributed by atoms with van der Waals surface area (Å²) in [5.41, 5.74) is 1.39. The maximum Gasteiger partial charge on any atom is 0.284 e. The molecule has 3 N–H and O–H groups in total. The van der Waals surface area contributed by atoms with Gasteiger partial charge in [-0.05, 0) is 37.1 Å². The maximum atomic E-state index is 13.1. The lowest BCUT2D eigenvalue weighted by atomic mass is 10.2. The summed E-state index contributed by atoms with van der Waals surface area (Å²) < 4.78 is 1.59. The van der Waals surface area contributed by atoms with Crippen LogP contribution in [-0.2, 0) is 0 Å². The first-order valence-corrected chi connectivity index (χ1v) is 7.80. The number of benzene rings is 1. The first-order chi connectivity index (χ1) is 11.3. The van der Waals surface area contributed by atoms with Crippen molar-refractivity contribution in [2.45, 2.75) is 12.8 Å². The standard InChI is InChI=1S/C18H17N3O2.H2O/c22-16-14-9-6-10-19-17(14)21(13-7-2-1-3-8-13)18(23)15(16)20-11-4-5-12-20;/h1-3,6-10,22H,4-5,11-12H2;1H2. The number of pyridine rings is 2. The minimum Gasteiger partial charge on any atom is -0.505 e. The van der Waals surface area contributed by atoms with Crippen LogP contribution in [0.25, 0.3) is 16.7 Å². The molecule has 6 heteroatoms. The number of rotatable bonds is 2. The molecule has 1 aliphatic rings. The van der Waals surface area contributed by atoms with Crippen molar-refractivity contribution in [3.05, 3.63) is 59.0 Å². The molecule has 124 valence electrons. The second kappa shape index (κ2) is 6.33. The lowest BCUT2D eigenvalue weighted by Crippen LogP contribution is -2.30. The molecule has 0 radical (unpaired) electrons.